The Balaban J connectivity index is 2.20. The highest BCUT2D eigenvalue weighted by Crippen LogP contribution is 2.14. The molecule has 0 saturated carbocycles. The lowest BCUT2D eigenvalue weighted by Gasteiger charge is -2.24. The van der Waals surface area contributed by atoms with E-state index in [4.69, 9.17) is 16.7 Å². The summed E-state index contributed by atoms with van der Waals surface area (Å²) >= 11 is 6.05. The van der Waals surface area contributed by atoms with Gasteiger partial charge in [-0.15, -0.1) is 0 Å². The molecule has 0 heterocycles. The Morgan fingerprint density at radius 1 is 1.10 bits per heavy atom. The number of hydrazone groups is 1. The van der Waals surface area contributed by atoms with E-state index in [0.717, 1.165) is 22.8 Å². The van der Waals surface area contributed by atoms with E-state index in [1.165, 1.54) is 5.56 Å². The molecule has 0 bridgehead atoms. The maximum absolute atomic E-state index is 6.05. The second-order valence-electron chi connectivity index (χ2n) is 5.37. The molecule has 0 aromatic heterocycles. The van der Waals surface area contributed by atoms with Gasteiger partial charge in [0.25, 0.3) is 0 Å². The minimum atomic E-state index is 0.333. The van der Waals surface area contributed by atoms with Crippen molar-refractivity contribution >= 4 is 17.3 Å². The Labute approximate surface area is 132 Å². The minimum absolute atomic E-state index is 0.333. The molecule has 2 nitrogen and oxygen atoms in total. The largest absolute Gasteiger partial charge is 0.290 e. The van der Waals surface area contributed by atoms with Gasteiger partial charge in [-0.2, -0.15) is 5.10 Å². The molecule has 2 aromatic rings. The van der Waals surface area contributed by atoms with Gasteiger partial charge in [-0.3, -0.25) is 5.01 Å². The van der Waals surface area contributed by atoms with Crippen molar-refractivity contribution in [2.24, 2.45) is 5.10 Å². The fourth-order valence-electron chi connectivity index (χ4n) is 2.07. The SMILES string of the molecule is C/C(=N\N(Cc1ccccc1)C(C)C)c1cccc(Cl)c1. The van der Waals surface area contributed by atoms with Gasteiger partial charge in [0.05, 0.1) is 12.3 Å². The predicted octanol–water partition coefficient (Wildman–Crippen LogP) is 4.97. The van der Waals surface area contributed by atoms with Crippen molar-refractivity contribution < 1.29 is 0 Å². The smallest absolute Gasteiger partial charge is 0.0647 e. The zero-order valence-electron chi connectivity index (χ0n) is 12.8. The first-order valence-corrected chi connectivity index (χ1v) is 7.56. The van der Waals surface area contributed by atoms with Crippen molar-refractivity contribution in [3.05, 3.63) is 70.7 Å². The topological polar surface area (TPSA) is 15.6 Å². The Morgan fingerprint density at radius 2 is 1.81 bits per heavy atom. The van der Waals surface area contributed by atoms with Crippen molar-refractivity contribution in [1.82, 2.24) is 5.01 Å². The first-order chi connectivity index (χ1) is 10.1. The van der Waals surface area contributed by atoms with Gasteiger partial charge in [0.2, 0.25) is 0 Å². The molecule has 0 spiro atoms. The van der Waals surface area contributed by atoms with Gasteiger partial charge in [-0.25, -0.2) is 0 Å². The molecule has 0 amide bonds. The van der Waals surface area contributed by atoms with Crippen LogP contribution in [0.2, 0.25) is 5.02 Å². The number of benzene rings is 2. The van der Waals surface area contributed by atoms with Gasteiger partial charge in [-0.1, -0.05) is 54.1 Å². The molecule has 0 atom stereocenters. The summed E-state index contributed by atoms with van der Waals surface area (Å²) in [6, 6.07) is 18.5. The lowest BCUT2D eigenvalue weighted by Crippen LogP contribution is -2.26. The van der Waals surface area contributed by atoms with Crippen LogP contribution in [0.3, 0.4) is 0 Å². The van der Waals surface area contributed by atoms with Gasteiger partial charge in [0.15, 0.2) is 0 Å². The maximum Gasteiger partial charge on any atom is 0.0647 e. The molecule has 2 aromatic carbocycles. The Morgan fingerprint density at radius 3 is 2.43 bits per heavy atom. The highest BCUT2D eigenvalue weighted by Gasteiger charge is 2.09. The molecule has 2 rings (SSSR count). The molecule has 3 heteroatoms. The zero-order valence-corrected chi connectivity index (χ0v) is 13.5. The third-order valence-corrected chi connectivity index (χ3v) is 3.54. The monoisotopic (exact) mass is 300 g/mol. The second-order valence-corrected chi connectivity index (χ2v) is 5.81. The van der Waals surface area contributed by atoms with Gasteiger partial charge >= 0.3 is 0 Å². The normalized spacial score (nSPS) is 11.8. The molecule has 0 unspecified atom stereocenters. The molecule has 0 fully saturated rings. The van der Waals surface area contributed by atoms with Crippen LogP contribution in [0.25, 0.3) is 0 Å². The molecule has 110 valence electrons. The minimum Gasteiger partial charge on any atom is -0.290 e. The van der Waals surface area contributed by atoms with E-state index in [9.17, 15) is 0 Å². The van der Waals surface area contributed by atoms with Crippen LogP contribution in [0.15, 0.2) is 59.7 Å². The van der Waals surface area contributed by atoms with Crippen molar-refractivity contribution in [1.29, 1.82) is 0 Å². The third-order valence-electron chi connectivity index (χ3n) is 3.30. The summed E-state index contributed by atoms with van der Waals surface area (Å²) in [5, 5.41) is 7.61. The fraction of sp³-hybridized carbons (Fsp3) is 0.278. The lowest BCUT2D eigenvalue weighted by atomic mass is 10.1. The quantitative estimate of drug-likeness (QED) is 0.562. The van der Waals surface area contributed by atoms with Crippen LogP contribution in [0, 0.1) is 0 Å². The molecule has 0 N–H and O–H groups in total. The van der Waals surface area contributed by atoms with E-state index >= 15 is 0 Å². The molecule has 0 saturated heterocycles. The van der Waals surface area contributed by atoms with Crippen molar-refractivity contribution in [2.45, 2.75) is 33.4 Å². The first-order valence-electron chi connectivity index (χ1n) is 7.18. The number of halogens is 1. The number of hydrogen-bond acceptors (Lipinski definition) is 2. The highest BCUT2D eigenvalue weighted by molar-refractivity contribution is 6.31. The van der Waals surface area contributed by atoms with Crippen LogP contribution in [-0.2, 0) is 6.54 Å². The Bertz CT molecular complexity index is 606. The van der Waals surface area contributed by atoms with Crippen LogP contribution in [0.5, 0.6) is 0 Å². The molecule has 21 heavy (non-hydrogen) atoms. The zero-order chi connectivity index (χ0) is 15.2. The summed E-state index contributed by atoms with van der Waals surface area (Å²) in [4.78, 5) is 0. The van der Waals surface area contributed by atoms with Crippen molar-refractivity contribution in [3.63, 3.8) is 0 Å². The molecular weight excluding hydrogens is 280 g/mol. The third kappa shape index (κ3) is 4.61. The standard InChI is InChI=1S/C18H21ClN2/c1-14(2)21(13-16-8-5-4-6-9-16)20-15(3)17-10-7-11-18(19)12-17/h4-12,14H,13H2,1-3H3/b20-15+. The highest BCUT2D eigenvalue weighted by atomic mass is 35.5. The molecule has 0 aliphatic carbocycles. The summed E-state index contributed by atoms with van der Waals surface area (Å²) in [5.74, 6) is 0. The summed E-state index contributed by atoms with van der Waals surface area (Å²) in [6.07, 6.45) is 0. The van der Waals surface area contributed by atoms with Crippen molar-refractivity contribution in [3.8, 4) is 0 Å². The Kier molecular flexibility index (Phi) is 5.40. The van der Waals surface area contributed by atoms with Gasteiger partial charge < -0.3 is 0 Å². The molecule has 0 aliphatic heterocycles. The van der Waals surface area contributed by atoms with Crippen LogP contribution in [-0.4, -0.2) is 16.8 Å². The molecule has 0 radical (unpaired) electrons. The van der Waals surface area contributed by atoms with E-state index in [2.05, 4.69) is 43.1 Å². The fourth-order valence-corrected chi connectivity index (χ4v) is 2.26. The van der Waals surface area contributed by atoms with Gasteiger partial charge in [-0.05, 0) is 44.0 Å². The molecular formula is C18H21ClN2. The predicted molar refractivity (Wildman–Crippen MR) is 90.8 cm³/mol. The number of hydrogen-bond donors (Lipinski definition) is 0. The van der Waals surface area contributed by atoms with E-state index in [1.54, 1.807) is 0 Å². The van der Waals surface area contributed by atoms with Crippen LogP contribution in [0.4, 0.5) is 0 Å². The first kappa shape index (κ1) is 15.6. The average Bonchev–Trinajstić information content (AvgIpc) is 2.47. The van der Waals surface area contributed by atoms with Crippen LogP contribution < -0.4 is 0 Å². The van der Waals surface area contributed by atoms with Crippen LogP contribution in [0.1, 0.15) is 31.9 Å². The molecule has 0 aliphatic rings. The van der Waals surface area contributed by atoms with E-state index < -0.39 is 0 Å². The summed E-state index contributed by atoms with van der Waals surface area (Å²) in [6.45, 7) is 7.12. The van der Waals surface area contributed by atoms with E-state index in [1.807, 2.05) is 37.3 Å². The maximum atomic E-state index is 6.05. The number of rotatable bonds is 5. The lowest BCUT2D eigenvalue weighted by molar-refractivity contribution is 0.223. The number of nitrogens with zero attached hydrogens (tertiary/aromatic N) is 2. The van der Waals surface area contributed by atoms with Crippen molar-refractivity contribution in [2.75, 3.05) is 0 Å². The Hall–Kier alpha value is -1.80. The second kappa shape index (κ2) is 7.28. The van der Waals surface area contributed by atoms with Gasteiger partial charge in [0, 0.05) is 11.1 Å². The average molecular weight is 301 g/mol. The van der Waals surface area contributed by atoms with E-state index in [-0.39, 0.29) is 0 Å². The van der Waals surface area contributed by atoms with E-state index in [0.29, 0.717) is 6.04 Å². The summed E-state index contributed by atoms with van der Waals surface area (Å²) in [5.41, 5.74) is 3.29. The summed E-state index contributed by atoms with van der Waals surface area (Å²) < 4.78 is 0. The summed E-state index contributed by atoms with van der Waals surface area (Å²) in [7, 11) is 0. The van der Waals surface area contributed by atoms with Crippen LogP contribution >= 0.6 is 11.6 Å². The van der Waals surface area contributed by atoms with Gasteiger partial charge in [0.1, 0.15) is 0 Å².